The normalized spacial score (nSPS) is 20.5. The lowest BCUT2D eigenvalue weighted by molar-refractivity contribution is -0.116. The van der Waals surface area contributed by atoms with Crippen molar-refractivity contribution in [1.29, 1.82) is 0 Å². The van der Waals surface area contributed by atoms with Gasteiger partial charge in [-0.05, 0) is 31.5 Å². The van der Waals surface area contributed by atoms with E-state index >= 15 is 0 Å². The third-order valence-corrected chi connectivity index (χ3v) is 3.58. The topological polar surface area (TPSA) is 41.1 Å². The molecule has 1 aromatic rings. The highest BCUT2D eigenvalue weighted by molar-refractivity contribution is 7.20. The predicted octanol–water partition coefficient (Wildman–Crippen LogP) is 2.48. The number of hydrogen-bond donors (Lipinski definition) is 2. The summed E-state index contributed by atoms with van der Waals surface area (Å²) in [6.45, 7) is 1.03. The Balaban J connectivity index is 1.81. The van der Waals surface area contributed by atoms with Crippen molar-refractivity contribution in [3.05, 3.63) is 16.5 Å². The number of rotatable bonds is 3. The van der Waals surface area contributed by atoms with Crippen LogP contribution in [0.1, 0.15) is 19.3 Å². The van der Waals surface area contributed by atoms with E-state index in [9.17, 15) is 4.79 Å². The summed E-state index contributed by atoms with van der Waals surface area (Å²) >= 11 is 7.16. The van der Waals surface area contributed by atoms with Crippen LogP contribution in [-0.2, 0) is 4.79 Å². The molecule has 0 aliphatic carbocycles. The first-order valence-corrected chi connectivity index (χ1v) is 6.22. The maximum absolute atomic E-state index is 11.6. The summed E-state index contributed by atoms with van der Waals surface area (Å²) in [6, 6.07) is 3.96. The largest absolute Gasteiger partial charge is 0.318 e. The first-order chi connectivity index (χ1) is 7.24. The Morgan fingerprint density at radius 1 is 1.67 bits per heavy atom. The molecule has 1 saturated heterocycles. The number of carbonyl (C=O) groups is 1. The first-order valence-electron chi connectivity index (χ1n) is 5.02. The number of amides is 1. The Bertz CT molecular complexity index is 347. The lowest BCUT2D eigenvalue weighted by Crippen LogP contribution is -2.27. The van der Waals surface area contributed by atoms with E-state index in [4.69, 9.17) is 11.6 Å². The minimum Gasteiger partial charge on any atom is -0.318 e. The molecule has 0 spiro atoms. The highest BCUT2D eigenvalue weighted by Gasteiger charge is 2.17. The van der Waals surface area contributed by atoms with Gasteiger partial charge in [-0.25, -0.2) is 0 Å². The zero-order valence-corrected chi connectivity index (χ0v) is 9.83. The Morgan fingerprint density at radius 3 is 3.13 bits per heavy atom. The van der Waals surface area contributed by atoms with Crippen LogP contribution in [-0.4, -0.2) is 18.5 Å². The number of carbonyl (C=O) groups excluding carboxylic acids is 1. The van der Waals surface area contributed by atoms with Crippen LogP contribution in [0, 0.1) is 0 Å². The number of halogens is 1. The van der Waals surface area contributed by atoms with Crippen LogP contribution in [0.3, 0.4) is 0 Å². The maximum atomic E-state index is 11.6. The third-order valence-electron chi connectivity index (χ3n) is 2.43. The molecule has 0 radical (unpaired) electrons. The first kappa shape index (κ1) is 10.9. The van der Waals surface area contributed by atoms with Crippen molar-refractivity contribution in [2.75, 3.05) is 11.9 Å². The molecule has 5 heteroatoms. The molecule has 1 fully saturated rings. The Hall–Kier alpha value is -0.580. The molecule has 1 atom stereocenters. The molecule has 0 bridgehead atoms. The molecule has 0 saturated carbocycles. The standard InChI is InChI=1S/C10H13ClN2OS/c11-8-3-4-10(15-8)13-9(14)6-7-2-1-5-12-7/h3-4,7,12H,1-2,5-6H2,(H,13,14). The lowest BCUT2D eigenvalue weighted by Gasteiger charge is -2.08. The van der Waals surface area contributed by atoms with E-state index in [2.05, 4.69) is 10.6 Å². The molecule has 2 rings (SSSR count). The zero-order chi connectivity index (χ0) is 10.7. The number of nitrogens with one attached hydrogen (secondary N) is 2. The molecular weight excluding hydrogens is 232 g/mol. The van der Waals surface area contributed by atoms with Gasteiger partial charge in [0, 0.05) is 12.5 Å². The second-order valence-electron chi connectivity index (χ2n) is 3.65. The predicted molar refractivity (Wildman–Crippen MR) is 63.6 cm³/mol. The van der Waals surface area contributed by atoms with Crippen LogP contribution in [0.2, 0.25) is 4.34 Å². The fourth-order valence-electron chi connectivity index (χ4n) is 1.72. The molecule has 1 unspecified atom stereocenters. The highest BCUT2D eigenvalue weighted by atomic mass is 35.5. The van der Waals surface area contributed by atoms with Crippen molar-refractivity contribution in [1.82, 2.24) is 5.32 Å². The van der Waals surface area contributed by atoms with Gasteiger partial charge in [0.1, 0.15) is 0 Å². The lowest BCUT2D eigenvalue weighted by atomic mass is 10.1. The minimum absolute atomic E-state index is 0.0629. The van der Waals surface area contributed by atoms with Gasteiger partial charge in [0.2, 0.25) is 5.91 Å². The molecule has 0 aromatic carbocycles. The average molecular weight is 245 g/mol. The van der Waals surface area contributed by atoms with E-state index in [1.807, 2.05) is 6.07 Å². The second kappa shape index (κ2) is 4.96. The highest BCUT2D eigenvalue weighted by Crippen LogP contribution is 2.26. The van der Waals surface area contributed by atoms with Gasteiger partial charge < -0.3 is 10.6 Å². The molecule has 82 valence electrons. The van der Waals surface area contributed by atoms with Gasteiger partial charge in [0.15, 0.2) is 0 Å². The van der Waals surface area contributed by atoms with Gasteiger partial charge in [0.25, 0.3) is 0 Å². The van der Waals surface area contributed by atoms with Crippen LogP contribution in [0.4, 0.5) is 5.00 Å². The van der Waals surface area contributed by atoms with Crippen LogP contribution in [0.5, 0.6) is 0 Å². The van der Waals surface area contributed by atoms with Crippen molar-refractivity contribution in [2.45, 2.75) is 25.3 Å². The zero-order valence-electron chi connectivity index (χ0n) is 8.25. The van der Waals surface area contributed by atoms with Crippen LogP contribution >= 0.6 is 22.9 Å². The van der Waals surface area contributed by atoms with Gasteiger partial charge in [-0.15, -0.1) is 11.3 Å². The quantitative estimate of drug-likeness (QED) is 0.858. The molecular formula is C10H13ClN2OS. The van der Waals surface area contributed by atoms with E-state index in [0.29, 0.717) is 16.8 Å². The summed E-state index contributed by atoms with van der Waals surface area (Å²) in [5.41, 5.74) is 0. The molecule has 1 aliphatic heterocycles. The van der Waals surface area contributed by atoms with E-state index < -0.39 is 0 Å². The van der Waals surface area contributed by atoms with Gasteiger partial charge in [-0.1, -0.05) is 11.6 Å². The van der Waals surface area contributed by atoms with E-state index in [-0.39, 0.29) is 5.91 Å². The number of hydrogen-bond acceptors (Lipinski definition) is 3. The van der Waals surface area contributed by atoms with Crippen LogP contribution in [0.25, 0.3) is 0 Å². The summed E-state index contributed by atoms with van der Waals surface area (Å²) in [5.74, 6) is 0.0629. The monoisotopic (exact) mass is 244 g/mol. The van der Waals surface area contributed by atoms with Gasteiger partial charge in [-0.3, -0.25) is 4.79 Å². The SMILES string of the molecule is O=C(CC1CCCN1)Nc1ccc(Cl)s1. The molecule has 15 heavy (non-hydrogen) atoms. The summed E-state index contributed by atoms with van der Waals surface area (Å²) in [6.07, 6.45) is 2.82. The summed E-state index contributed by atoms with van der Waals surface area (Å²) in [7, 11) is 0. The molecule has 1 amide bonds. The smallest absolute Gasteiger partial charge is 0.226 e. The van der Waals surface area contributed by atoms with Gasteiger partial charge in [0.05, 0.1) is 9.34 Å². The van der Waals surface area contributed by atoms with E-state index in [0.717, 1.165) is 18.0 Å². The summed E-state index contributed by atoms with van der Waals surface area (Å²) < 4.78 is 0.698. The summed E-state index contributed by atoms with van der Waals surface area (Å²) in [5, 5.41) is 6.96. The Morgan fingerprint density at radius 2 is 2.53 bits per heavy atom. The van der Waals surface area contributed by atoms with Crippen LogP contribution < -0.4 is 10.6 Å². The van der Waals surface area contributed by atoms with Gasteiger partial charge >= 0.3 is 0 Å². The number of anilines is 1. The molecule has 1 aliphatic rings. The average Bonchev–Trinajstić information content (AvgIpc) is 2.77. The molecule has 3 nitrogen and oxygen atoms in total. The fraction of sp³-hybridized carbons (Fsp3) is 0.500. The fourth-order valence-corrected chi connectivity index (χ4v) is 2.68. The molecule has 2 heterocycles. The van der Waals surface area contributed by atoms with Crippen molar-refractivity contribution >= 4 is 33.8 Å². The molecule has 2 N–H and O–H groups in total. The maximum Gasteiger partial charge on any atom is 0.226 e. The van der Waals surface area contributed by atoms with Gasteiger partial charge in [-0.2, -0.15) is 0 Å². The van der Waals surface area contributed by atoms with Crippen LogP contribution in [0.15, 0.2) is 12.1 Å². The second-order valence-corrected chi connectivity index (χ2v) is 5.36. The molecule has 1 aromatic heterocycles. The van der Waals surface area contributed by atoms with Crippen molar-refractivity contribution in [2.24, 2.45) is 0 Å². The third kappa shape index (κ3) is 3.19. The van der Waals surface area contributed by atoms with Crippen molar-refractivity contribution in [3.8, 4) is 0 Å². The Kier molecular flexibility index (Phi) is 3.61. The van der Waals surface area contributed by atoms with E-state index in [1.54, 1.807) is 6.07 Å². The van der Waals surface area contributed by atoms with E-state index in [1.165, 1.54) is 17.8 Å². The van der Waals surface area contributed by atoms with Crippen molar-refractivity contribution < 1.29 is 4.79 Å². The Labute approximate surface area is 97.8 Å². The summed E-state index contributed by atoms with van der Waals surface area (Å²) in [4.78, 5) is 11.6. The minimum atomic E-state index is 0.0629. The number of thiophene rings is 1. The van der Waals surface area contributed by atoms with Crippen molar-refractivity contribution in [3.63, 3.8) is 0 Å².